The van der Waals surface area contributed by atoms with E-state index in [0.717, 1.165) is 17.7 Å². The molecule has 21 heavy (non-hydrogen) atoms. The van der Waals surface area contributed by atoms with Crippen molar-refractivity contribution in [2.45, 2.75) is 19.4 Å². The molecule has 1 aromatic carbocycles. The van der Waals surface area contributed by atoms with Crippen LogP contribution in [0.1, 0.15) is 24.1 Å². The van der Waals surface area contributed by atoms with Gasteiger partial charge in [-0.05, 0) is 42.7 Å². The fraction of sp³-hybridized carbons (Fsp3) is 0.294. The molecule has 0 bridgehead atoms. The van der Waals surface area contributed by atoms with E-state index in [-0.39, 0.29) is 17.9 Å². The summed E-state index contributed by atoms with van der Waals surface area (Å²) in [7, 11) is 0. The van der Waals surface area contributed by atoms with Gasteiger partial charge in [0.05, 0.1) is 12.0 Å². The third-order valence-electron chi connectivity index (χ3n) is 3.96. The minimum Gasteiger partial charge on any atom is -0.384 e. The van der Waals surface area contributed by atoms with Gasteiger partial charge in [0.2, 0.25) is 5.91 Å². The van der Waals surface area contributed by atoms with Gasteiger partial charge in [0.1, 0.15) is 0 Å². The summed E-state index contributed by atoms with van der Waals surface area (Å²) in [5, 5.41) is 6.43. The van der Waals surface area contributed by atoms with Gasteiger partial charge in [-0.25, -0.2) is 0 Å². The topological polar surface area (TPSA) is 54.0 Å². The van der Waals surface area contributed by atoms with Gasteiger partial charge in [0.15, 0.2) is 0 Å². The zero-order chi connectivity index (χ0) is 14.7. The summed E-state index contributed by atoms with van der Waals surface area (Å²) in [4.78, 5) is 16.4. The Balaban J connectivity index is 1.65. The number of aromatic nitrogens is 1. The van der Waals surface area contributed by atoms with Gasteiger partial charge in [-0.1, -0.05) is 18.2 Å². The Morgan fingerprint density at radius 3 is 2.86 bits per heavy atom. The number of anilines is 1. The average molecular weight is 281 g/mol. The number of carbonyl (C=O) groups excluding carboxylic acids is 1. The first-order valence-corrected chi connectivity index (χ1v) is 7.26. The minimum atomic E-state index is -0.0239. The standard InChI is InChI=1S/C17H19N3O/c1-12(13-6-8-18-9-7-13)20-17(21)15-10-14-4-2-3-5-16(14)19-11-15/h2-9,12,15,19H,10-11H2,1H3,(H,20,21). The van der Waals surface area contributed by atoms with Crippen LogP contribution in [-0.4, -0.2) is 17.4 Å². The van der Waals surface area contributed by atoms with Crippen LogP contribution in [0.2, 0.25) is 0 Å². The van der Waals surface area contributed by atoms with Crippen LogP contribution in [0.4, 0.5) is 5.69 Å². The van der Waals surface area contributed by atoms with E-state index in [1.165, 1.54) is 5.56 Å². The molecule has 0 spiro atoms. The molecule has 4 heteroatoms. The zero-order valence-electron chi connectivity index (χ0n) is 12.0. The molecule has 2 unspecified atom stereocenters. The number of hydrogen-bond acceptors (Lipinski definition) is 3. The minimum absolute atomic E-state index is 0.00216. The van der Waals surface area contributed by atoms with Crippen molar-refractivity contribution in [2.24, 2.45) is 5.92 Å². The van der Waals surface area contributed by atoms with Crippen LogP contribution in [0.15, 0.2) is 48.8 Å². The van der Waals surface area contributed by atoms with Gasteiger partial charge in [-0.3, -0.25) is 9.78 Å². The van der Waals surface area contributed by atoms with Crippen molar-refractivity contribution in [1.82, 2.24) is 10.3 Å². The Hall–Kier alpha value is -2.36. The lowest BCUT2D eigenvalue weighted by Gasteiger charge is -2.26. The predicted octanol–water partition coefficient (Wildman–Crippen LogP) is 2.54. The summed E-state index contributed by atoms with van der Waals surface area (Å²) in [5.74, 6) is 0.0745. The second-order valence-electron chi connectivity index (χ2n) is 5.45. The highest BCUT2D eigenvalue weighted by Crippen LogP contribution is 2.24. The molecule has 2 heterocycles. The van der Waals surface area contributed by atoms with Crippen molar-refractivity contribution in [3.8, 4) is 0 Å². The molecule has 1 aliphatic rings. The molecule has 4 nitrogen and oxygen atoms in total. The van der Waals surface area contributed by atoms with Gasteiger partial charge < -0.3 is 10.6 Å². The largest absolute Gasteiger partial charge is 0.384 e. The van der Waals surface area contributed by atoms with Gasteiger partial charge in [-0.2, -0.15) is 0 Å². The Bertz CT molecular complexity index is 627. The number of para-hydroxylation sites is 1. The summed E-state index contributed by atoms with van der Waals surface area (Å²) >= 11 is 0. The van der Waals surface area contributed by atoms with Crippen LogP contribution in [0.5, 0.6) is 0 Å². The highest BCUT2D eigenvalue weighted by Gasteiger charge is 2.25. The van der Waals surface area contributed by atoms with Crippen LogP contribution >= 0.6 is 0 Å². The molecule has 0 aliphatic carbocycles. The highest BCUT2D eigenvalue weighted by atomic mass is 16.2. The number of benzene rings is 1. The number of nitrogens with zero attached hydrogens (tertiary/aromatic N) is 1. The maximum atomic E-state index is 12.4. The second kappa shape index (κ2) is 5.95. The number of hydrogen-bond donors (Lipinski definition) is 2. The lowest BCUT2D eigenvalue weighted by Crippen LogP contribution is -2.39. The van der Waals surface area contributed by atoms with Gasteiger partial charge >= 0.3 is 0 Å². The quantitative estimate of drug-likeness (QED) is 0.909. The lowest BCUT2D eigenvalue weighted by molar-refractivity contribution is -0.125. The van der Waals surface area contributed by atoms with E-state index < -0.39 is 0 Å². The number of carbonyl (C=O) groups is 1. The van der Waals surface area contributed by atoms with Crippen molar-refractivity contribution in [1.29, 1.82) is 0 Å². The SMILES string of the molecule is CC(NC(=O)C1CNc2ccccc2C1)c1ccncc1. The first-order valence-electron chi connectivity index (χ1n) is 7.26. The monoisotopic (exact) mass is 281 g/mol. The van der Waals surface area contributed by atoms with E-state index in [1.54, 1.807) is 12.4 Å². The molecule has 1 aliphatic heterocycles. The molecule has 2 aromatic rings. The fourth-order valence-corrected chi connectivity index (χ4v) is 2.69. The summed E-state index contributed by atoms with van der Waals surface area (Å²) in [5.41, 5.74) is 3.42. The Labute approximate surface area is 124 Å². The molecule has 2 N–H and O–H groups in total. The third-order valence-corrected chi connectivity index (χ3v) is 3.96. The van der Waals surface area contributed by atoms with Crippen LogP contribution in [0, 0.1) is 5.92 Å². The maximum Gasteiger partial charge on any atom is 0.225 e. The van der Waals surface area contributed by atoms with E-state index >= 15 is 0 Å². The van der Waals surface area contributed by atoms with E-state index in [0.29, 0.717) is 6.54 Å². The third kappa shape index (κ3) is 3.05. The smallest absolute Gasteiger partial charge is 0.225 e. The van der Waals surface area contributed by atoms with Crippen molar-refractivity contribution in [3.05, 3.63) is 59.9 Å². The molecule has 1 amide bonds. The normalized spacial score (nSPS) is 18.2. The molecule has 1 aromatic heterocycles. The molecule has 108 valence electrons. The first-order chi connectivity index (χ1) is 10.2. The van der Waals surface area contributed by atoms with Crippen molar-refractivity contribution >= 4 is 11.6 Å². The van der Waals surface area contributed by atoms with Crippen molar-refractivity contribution in [2.75, 3.05) is 11.9 Å². The van der Waals surface area contributed by atoms with Crippen molar-refractivity contribution in [3.63, 3.8) is 0 Å². The zero-order valence-corrected chi connectivity index (χ0v) is 12.0. The average Bonchev–Trinajstić information content (AvgIpc) is 2.55. The summed E-state index contributed by atoms with van der Waals surface area (Å²) in [6.07, 6.45) is 4.28. The molecular formula is C17H19N3O. The number of pyridine rings is 1. The second-order valence-corrected chi connectivity index (χ2v) is 5.45. The van der Waals surface area contributed by atoms with E-state index in [9.17, 15) is 4.79 Å². The van der Waals surface area contributed by atoms with Crippen LogP contribution in [0.25, 0.3) is 0 Å². The van der Waals surface area contributed by atoms with E-state index in [1.807, 2.05) is 31.2 Å². The number of amides is 1. The van der Waals surface area contributed by atoms with Gasteiger partial charge in [0.25, 0.3) is 0 Å². The molecule has 0 fully saturated rings. The summed E-state index contributed by atoms with van der Waals surface area (Å²) < 4.78 is 0. The van der Waals surface area contributed by atoms with Crippen molar-refractivity contribution < 1.29 is 4.79 Å². The molecule has 0 radical (unpaired) electrons. The first kappa shape index (κ1) is 13.6. The molecule has 0 saturated heterocycles. The van der Waals surface area contributed by atoms with E-state index in [2.05, 4.69) is 27.8 Å². The number of fused-ring (bicyclic) bond motifs is 1. The predicted molar refractivity (Wildman–Crippen MR) is 82.9 cm³/mol. The van der Waals surface area contributed by atoms with E-state index in [4.69, 9.17) is 0 Å². The summed E-state index contributed by atoms with van der Waals surface area (Å²) in [6.45, 7) is 2.68. The Morgan fingerprint density at radius 2 is 2.05 bits per heavy atom. The molecule has 2 atom stereocenters. The lowest BCUT2D eigenvalue weighted by atomic mass is 9.93. The molecule has 3 rings (SSSR count). The Morgan fingerprint density at radius 1 is 1.29 bits per heavy atom. The molecular weight excluding hydrogens is 262 g/mol. The number of nitrogens with one attached hydrogen (secondary N) is 2. The molecule has 0 saturated carbocycles. The Kier molecular flexibility index (Phi) is 3.86. The van der Waals surface area contributed by atoms with Crippen LogP contribution < -0.4 is 10.6 Å². The van der Waals surface area contributed by atoms with Crippen LogP contribution in [0.3, 0.4) is 0 Å². The maximum absolute atomic E-state index is 12.4. The highest BCUT2D eigenvalue weighted by molar-refractivity contribution is 5.81. The number of rotatable bonds is 3. The summed E-state index contributed by atoms with van der Waals surface area (Å²) in [6, 6.07) is 12.0. The van der Waals surface area contributed by atoms with Crippen LogP contribution in [-0.2, 0) is 11.2 Å². The van der Waals surface area contributed by atoms with Gasteiger partial charge in [-0.15, -0.1) is 0 Å². The van der Waals surface area contributed by atoms with Gasteiger partial charge in [0, 0.05) is 24.6 Å². The fourth-order valence-electron chi connectivity index (χ4n) is 2.69.